The zero-order chi connectivity index (χ0) is 15.6. The molecule has 0 aliphatic heterocycles. The fourth-order valence-corrected chi connectivity index (χ4v) is 2.23. The molecule has 110 valence electrons. The number of hydrogen-bond donors (Lipinski definition) is 0. The van der Waals surface area contributed by atoms with E-state index in [1.807, 2.05) is 13.0 Å². The van der Waals surface area contributed by atoms with Crippen molar-refractivity contribution in [2.75, 3.05) is 7.05 Å². The van der Waals surface area contributed by atoms with Crippen molar-refractivity contribution < 1.29 is 13.6 Å². The fourth-order valence-electron chi connectivity index (χ4n) is 1.98. The molecular weight excluding hydrogens is 340 g/mol. The van der Waals surface area contributed by atoms with E-state index in [0.717, 1.165) is 22.2 Å². The van der Waals surface area contributed by atoms with Gasteiger partial charge in [0.05, 0.1) is 0 Å². The molecule has 2 aromatic rings. The van der Waals surface area contributed by atoms with Gasteiger partial charge >= 0.3 is 0 Å². The Balaban J connectivity index is 2.15. The highest BCUT2D eigenvalue weighted by Crippen LogP contribution is 2.18. The first-order valence-corrected chi connectivity index (χ1v) is 7.13. The van der Waals surface area contributed by atoms with E-state index in [2.05, 4.69) is 15.9 Å². The Labute approximate surface area is 130 Å². The molecule has 0 spiro atoms. The molecule has 0 aliphatic carbocycles. The van der Waals surface area contributed by atoms with Crippen LogP contribution in [0, 0.1) is 18.6 Å². The molecule has 0 bridgehead atoms. The third kappa shape index (κ3) is 3.67. The van der Waals surface area contributed by atoms with Crippen molar-refractivity contribution in [3.05, 3.63) is 69.2 Å². The second-order valence-corrected chi connectivity index (χ2v) is 5.73. The van der Waals surface area contributed by atoms with Gasteiger partial charge in [-0.15, -0.1) is 0 Å². The van der Waals surface area contributed by atoms with Crippen molar-refractivity contribution in [3.63, 3.8) is 0 Å². The Kier molecular flexibility index (Phi) is 4.73. The highest BCUT2D eigenvalue weighted by atomic mass is 79.9. The molecule has 0 atom stereocenters. The molecule has 1 amide bonds. The van der Waals surface area contributed by atoms with E-state index >= 15 is 0 Å². The lowest BCUT2D eigenvalue weighted by atomic mass is 10.1. The van der Waals surface area contributed by atoms with Gasteiger partial charge in [0.1, 0.15) is 0 Å². The van der Waals surface area contributed by atoms with Crippen LogP contribution in [0.5, 0.6) is 0 Å². The molecule has 0 saturated carbocycles. The van der Waals surface area contributed by atoms with Crippen LogP contribution >= 0.6 is 15.9 Å². The Hall–Kier alpha value is -1.75. The molecule has 0 aromatic heterocycles. The predicted molar refractivity (Wildman–Crippen MR) is 81.0 cm³/mol. The fraction of sp³-hybridized carbons (Fsp3) is 0.188. The first kappa shape index (κ1) is 15.6. The number of aryl methyl sites for hydroxylation is 1. The summed E-state index contributed by atoms with van der Waals surface area (Å²) in [6.45, 7) is 2.11. The SMILES string of the molecule is Cc1cc(C(=O)N(C)Cc2ccc(F)c(F)c2)ccc1Br. The van der Waals surface area contributed by atoms with Crippen LogP contribution in [0.1, 0.15) is 21.5 Å². The lowest BCUT2D eigenvalue weighted by Crippen LogP contribution is -2.26. The smallest absolute Gasteiger partial charge is 0.253 e. The standard InChI is InChI=1S/C16H14BrF2NO/c1-10-7-12(4-5-13(10)17)16(21)20(2)9-11-3-6-14(18)15(19)8-11/h3-8H,9H2,1-2H3. The topological polar surface area (TPSA) is 20.3 Å². The Morgan fingerprint density at radius 2 is 1.86 bits per heavy atom. The van der Waals surface area contributed by atoms with Gasteiger partial charge in [0.2, 0.25) is 0 Å². The Morgan fingerprint density at radius 3 is 2.48 bits per heavy atom. The van der Waals surface area contributed by atoms with Crippen LogP contribution < -0.4 is 0 Å². The zero-order valence-corrected chi connectivity index (χ0v) is 13.2. The first-order valence-electron chi connectivity index (χ1n) is 6.34. The number of halogens is 3. The molecule has 0 heterocycles. The minimum absolute atomic E-state index is 0.171. The number of nitrogens with zero attached hydrogens (tertiary/aromatic N) is 1. The maximum Gasteiger partial charge on any atom is 0.253 e. The van der Waals surface area contributed by atoms with Gasteiger partial charge in [-0.25, -0.2) is 8.78 Å². The summed E-state index contributed by atoms with van der Waals surface area (Å²) in [5.74, 6) is -1.97. The zero-order valence-electron chi connectivity index (χ0n) is 11.7. The Bertz CT molecular complexity index is 688. The maximum absolute atomic E-state index is 13.2. The monoisotopic (exact) mass is 353 g/mol. The average Bonchev–Trinajstić information content (AvgIpc) is 2.45. The molecule has 2 aromatic carbocycles. The summed E-state index contributed by atoms with van der Waals surface area (Å²) >= 11 is 3.38. The van der Waals surface area contributed by atoms with E-state index in [1.54, 1.807) is 19.2 Å². The van der Waals surface area contributed by atoms with E-state index in [4.69, 9.17) is 0 Å². The van der Waals surface area contributed by atoms with Crippen LogP contribution in [0.25, 0.3) is 0 Å². The normalized spacial score (nSPS) is 10.5. The molecule has 0 aliphatic rings. The van der Waals surface area contributed by atoms with Gasteiger partial charge in [0.25, 0.3) is 5.91 Å². The second-order valence-electron chi connectivity index (χ2n) is 4.87. The van der Waals surface area contributed by atoms with Crippen LogP contribution in [-0.2, 0) is 6.54 Å². The first-order chi connectivity index (χ1) is 9.88. The number of benzene rings is 2. The van der Waals surface area contributed by atoms with Gasteiger partial charge in [-0.1, -0.05) is 22.0 Å². The van der Waals surface area contributed by atoms with Crippen LogP contribution in [0.4, 0.5) is 8.78 Å². The van der Waals surface area contributed by atoms with Crippen molar-refractivity contribution in [1.29, 1.82) is 0 Å². The minimum Gasteiger partial charge on any atom is -0.337 e. The summed E-state index contributed by atoms with van der Waals surface area (Å²) in [7, 11) is 1.63. The van der Waals surface area contributed by atoms with Crippen LogP contribution in [0.2, 0.25) is 0 Å². The molecular formula is C16H14BrF2NO. The van der Waals surface area contributed by atoms with E-state index in [9.17, 15) is 13.6 Å². The largest absolute Gasteiger partial charge is 0.337 e. The highest BCUT2D eigenvalue weighted by molar-refractivity contribution is 9.10. The van der Waals surface area contributed by atoms with Gasteiger partial charge in [-0.3, -0.25) is 4.79 Å². The van der Waals surface area contributed by atoms with E-state index in [1.165, 1.54) is 11.0 Å². The number of carbonyl (C=O) groups is 1. The maximum atomic E-state index is 13.2. The van der Waals surface area contributed by atoms with E-state index < -0.39 is 11.6 Å². The van der Waals surface area contributed by atoms with Crippen molar-refractivity contribution in [2.24, 2.45) is 0 Å². The van der Waals surface area contributed by atoms with Gasteiger partial charge < -0.3 is 4.90 Å². The Morgan fingerprint density at radius 1 is 1.14 bits per heavy atom. The van der Waals surface area contributed by atoms with Gasteiger partial charge in [0.15, 0.2) is 11.6 Å². The number of hydrogen-bond acceptors (Lipinski definition) is 1. The molecule has 5 heteroatoms. The van der Waals surface area contributed by atoms with Crippen molar-refractivity contribution in [3.8, 4) is 0 Å². The lowest BCUT2D eigenvalue weighted by molar-refractivity contribution is 0.0785. The minimum atomic E-state index is -0.909. The van der Waals surface area contributed by atoms with Gasteiger partial charge in [0, 0.05) is 23.6 Å². The van der Waals surface area contributed by atoms with Crippen molar-refractivity contribution >= 4 is 21.8 Å². The number of carbonyl (C=O) groups excluding carboxylic acids is 1. The molecule has 0 N–H and O–H groups in total. The highest BCUT2D eigenvalue weighted by Gasteiger charge is 2.13. The summed E-state index contributed by atoms with van der Waals surface area (Å²) in [4.78, 5) is 13.8. The number of amides is 1. The van der Waals surface area contributed by atoms with Gasteiger partial charge in [-0.2, -0.15) is 0 Å². The summed E-state index contributed by atoms with van der Waals surface area (Å²) in [6.07, 6.45) is 0. The molecule has 0 radical (unpaired) electrons. The molecule has 2 rings (SSSR count). The third-order valence-electron chi connectivity index (χ3n) is 3.16. The summed E-state index contributed by atoms with van der Waals surface area (Å²) in [6, 6.07) is 8.96. The quantitative estimate of drug-likeness (QED) is 0.805. The second kappa shape index (κ2) is 6.35. The summed E-state index contributed by atoms with van der Waals surface area (Å²) in [5, 5.41) is 0. The molecule has 0 fully saturated rings. The summed E-state index contributed by atoms with van der Waals surface area (Å²) < 4.78 is 27.0. The van der Waals surface area contributed by atoms with E-state index in [-0.39, 0.29) is 12.5 Å². The molecule has 2 nitrogen and oxygen atoms in total. The van der Waals surface area contributed by atoms with Crippen molar-refractivity contribution in [1.82, 2.24) is 4.90 Å². The number of rotatable bonds is 3. The summed E-state index contributed by atoms with van der Waals surface area (Å²) in [5.41, 5.74) is 2.06. The van der Waals surface area contributed by atoms with E-state index in [0.29, 0.717) is 11.1 Å². The average molecular weight is 354 g/mol. The molecule has 21 heavy (non-hydrogen) atoms. The van der Waals surface area contributed by atoms with Crippen LogP contribution in [-0.4, -0.2) is 17.9 Å². The van der Waals surface area contributed by atoms with Crippen LogP contribution in [0.3, 0.4) is 0 Å². The van der Waals surface area contributed by atoms with Gasteiger partial charge in [-0.05, 0) is 48.4 Å². The third-order valence-corrected chi connectivity index (χ3v) is 4.05. The van der Waals surface area contributed by atoms with Crippen molar-refractivity contribution in [2.45, 2.75) is 13.5 Å². The molecule has 0 unspecified atom stereocenters. The van der Waals surface area contributed by atoms with Crippen LogP contribution in [0.15, 0.2) is 40.9 Å². The molecule has 0 saturated heterocycles. The predicted octanol–water partition coefficient (Wildman–Crippen LogP) is 4.31. The lowest BCUT2D eigenvalue weighted by Gasteiger charge is -2.18.